The van der Waals surface area contributed by atoms with E-state index < -0.39 is 29.8 Å². The topological polar surface area (TPSA) is 81.8 Å². The molecule has 7 nitrogen and oxygen atoms in total. The SMILES string of the molecule is O=C(Cn1nc(C2CC2)c2cnn(-c3ccccc3)c2c1=O)Nc1ccccc1C(F)(F)F. The van der Waals surface area contributed by atoms with Crippen molar-refractivity contribution in [3.8, 4) is 5.69 Å². The van der Waals surface area contributed by atoms with Gasteiger partial charge < -0.3 is 5.32 Å². The zero-order valence-corrected chi connectivity index (χ0v) is 17.2. The van der Waals surface area contributed by atoms with Gasteiger partial charge in [0, 0.05) is 11.3 Å². The maximum absolute atomic E-state index is 13.3. The first-order valence-electron chi connectivity index (χ1n) is 10.3. The molecule has 0 aliphatic heterocycles. The van der Waals surface area contributed by atoms with Crippen molar-refractivity contribution in [3.05, 3.63) is 82.4 Å². The van der Waals surface area contributed by atoms with Crippen LogP contribution in [0.15, 0.2) is 65.6 Å². The van der Waals surface area contributed by atoms with Crippen molar-refractivity contribution in [2.24, 2.45) is 0 Å². The first-order valence-corrected chi connectivity index (χ1v) is 10.3. The first kappa shape index (κ1) is 20.9. The third-order valence-electron chi connectivity index (χ3n) is 5.48. The van der Waals surface area contributed by atoms with Crippen molar-refractivity contribution >= 4 is 22.5 Å². The maximum Gasteiger partial charge on any atom is 0.418 e. The Labute approximate surface area is 185 Å². The van der Waals surface area contributed by atoms with Crippen molar-refractivity contribution in [1.29, 1.82) is 0 Å². The summed E-state index contributed by atoms with van der Waals surface area (Å²) in [7, 11) is 0. The molecule has 0 unspecified atom stereocenters. The molecule has 2 aromatic heterocycles. The highest BCUT2D eigenvalue weighted by Gasteiger charge is 2.34. The molecule has 0 spiro atoms. The second-order valence-electron chi connectivity index (χ2n) is 7.87. The molecule has 10 heteroatoms. The van der Waals surface area contributed by atoms with Gasteiger partial charge in [0.2, 0.25) is 5.91 Å². The number of carbonyl (C=O) groups is 1. The number of anilines is 1. The lowest BCUT2D eigenvalue weighted by molar-refractivity contribution is -0.137. The number of hydrogen-bond donors (Lipinski definition) is 1. The number of aromatic nitrogens is 4. The molecule has 0 radical (unpaired) electrons. The van der Waals surface area contributed by atoms with Gasteiger partial charge in [-0.05, 0) is 37.1 Å². The molecule has 4 aromatic rings. The van der Waals surface area contributed by atoms with Gasteiger partial charge in [-0.25, -0.2) is 9.36 Å². The van der Waals surface area contributed by atoms with Gasteiger partial charge in [0.1, 0.15) is 12.1 Å². The molecule has 2 aromatic carbocycles. The van der Waals surface area contributed by atoms with E-state index >= 15 is 0 Å². The van der Waals surface area contributed by atoms with Gasteiger partial charge in [0.15, 0.2) is 0 Å². The van der Waals surface area contributed by atoms with Gasteiger partial charge in [-0.2, -0.15) is 23.4 Å². The summed E-state index contributed by atoms with van der Waals surface area (Å²) in [5.74, 6) is -0.630. The van der Waals surface area contributed by atoms with Crippen molar-refractivity contribution in [1.82, 2.24) is 19.6 Å². The molecule has 33 heavy (non-hydrogen) atoms. The summed E-state index contributed by atoms with van der Waals surface area (Å²) >= 11 is 0. The number of benzene rings is 2. The Morgan fingerprint density at radius 1 is 1.06 bits per heavy atom. The molecule has 0 saturated heterocycles. The van der Waals surface area contributed by atoms with Crippen LogP contribution < -0.4 is 10.9 Å². The van der Waals surface area contributed by atoms with Gasteiger partial charge in [-0.15, -0.1) is 0 Å². The predicted octanol–water partition coefficient (Wildman–Crippen LogP) is 4.12. The first-order chi connectivity index (χ1) is 15.8. The normalized spacial score (nSPS) is 13.9. The van der Waals surface area contributed by atoms with Gasteiger partial charge in [0.05, 0.1) is 28.8 Å². The van der Waals surface area contributed by atoms with Crippen LogP contribution in [0.25, 0.3) is 16.6 Å². The second kappa shape index (κ2) is 7.88. The van der Waals surface area contributed by atoms with Crippen LogP contribution in [0.3, 0.4) is 0 Å². The summed E-state index contributed by atoms with van der Waals surface area (Å²) in [6.45, 7) is -0.527. The standard InChI is InChI=1S/C23H18F3N5O2/c24-23(25,26)17-8-4-5-9-18(17)28-19(32)13-30-22(33)21-16(20(29-30)14-10-11-14)12-27-31(21)15-6-2-1-3-7-15/h1-9,12,14H,10-11,13H2,(H,28,32). The molecule has 1 fully saturated rings. The second-order valence-corrected chi connectivity index (χ2v) is 7.87. The van der Waals surface area contributed by atoms with Crippen LogP contribution in [0.4, 0.5) is 18.9 Å². The summed E-state index contributed by atoms with van der Waals surface area (Å²) in [4.78, 5) is 25.9. The molecule has 0 atom stereocenters. The average Bonchev–Trinajstić information content (AvgIpc) is 3.53. The van der Waals surface area contributed by atoms with Gasteiger partial charge in [0.25, 0.3) is 5.56 Å². The minimum absolute atomic E-state index is 0.154. The van der Waals surface area contributed by atoms with Crippen LogP contribution in [0.1, 0.15) is 30.0 Å². The van der Waals surface area contributed by atoms with E-state index in [9.17, 15) is 22.8 Å². The average molecular weight is 453 g/mol. The number of alkyl halides is 3. The minimum Gasteiger partial charge on any atom is -0.324 e. The molecule has 1 saturated carbocycles. The quantitative estimate of drug-likeness (QED) is 0.493. The molecular weight excluding hydrogens is 435 g/mol. The molecule has 168 valence electrons. The van der Waals surface area contributed by atoms with Crippen LogP contribution in [-0.4, -0.2) is 25.5 Å². The highest BCUT2D eigenvalue weighted by Crippen LogP contribution is 2.41. The highest BCUT2D eigenvalue weighted by atomic mass is 19.4. The monoisotopic (exact) mass is 453 g/mol. The zero-order valence-electron chi connectivity index (χ0n) is 17.2. The molecular formula is C23H18F3N5O2. The summed E-state index contributed by atoms with van der Waals surface area (Å²) in [5.41, 5.74) is -0.268. The van der Waals surface area contributed by atoms with Crippen molar-refractivity contribution in [2.75, 3.05) is 5.32 Å². The highest BCUT2D eigenvalue weighted by molar-refractivity contribution is 5.91. The van der Waals surface area contributed by atoms with Crippen molar-refractivity contribution in [2.45, 2.75) is 31.5 Å². The van der Waals surface area contributed by atoms with Crippen LogP contribution in [0.5, 0.6) is 0 Å². The minimum atomic E-state index is -4.63. The Morgan fingerprint density at radius 3 is 2.45 bits per heavy atom. The fraction of sp³-hybridized carbons (Fsp3) is 0.217. The number of rotatable bonds is 5. The van der Waals surface area contributed by atoms with E-state index in [1.165, 1.54) is 22.9 Å². The summed E-state index contributed by atoms with van der Waals surface area (Å²) in [6, 6.07) is 13.8. The Kier molecular flexibility index (Phi) is 4.99. The number of amides is 1. The zero-order chi connectivity index (χ0) is 23.2. The Morgan fingerprint density at radius 2 is 1.76 bits per heavy atom. The molecule has 5 rings (SSSR count). The van der Waals surface area contributed by atoms with Crippen LogP contribution >= 0.6 is 0 Å². The number of nitrogens with one attached hydrogen (secondary N) is 1. The van der Waals surface area contributed by atoms with E-state index in [-0.39, 0.29) is 17.1 Å². The molecule has 2 heterocycles. The number of para-hydroxylation sites is 2. The van der Waals surface area contributed by atoms with E-state index in [1.54, 1.807) is 18.3 Å². The summed E-state index contributed by atoms with van der Waals surface area (Å²) < 4.78 is 42.3. The Hall–Kier alpha value is -3.95. The number of hydrogen-bond acceptors (Lipinski definition) is 4. The molecule has 1 N–H and O–H groups in total. The lowest BCUT2D eigenvalue weighted by atomic mass is 10.1. The molecule has 1 amide bonds. The lowest BCUT2D eigenvalue weighted by Gasteiger charge is -2.14. The van der Waals surface area contributed by atoms with Crippen LogP contribution in [-0.2, 0) is 17.5 Å². The van der Waals surface area contributed by atoms with Gasteiger partial charge >= 0.3 is 6.18 Å². The van der Waals surface area contributed by atoms with Gasteiger partial charge in [-0.3, -0.25) is 9.59 Å². The van der Waals surface area contributed by atoms with E-state index in [0.29, 0.717) is 16.8 Å². The lowest BCUT2D eigenvalue weighted by Crippen LogP contribution is -2.31. The number of fused-ring (bicyclic) bond motifs is 1. The fourth-order valence-electron chi connectivity index (χ4n) is 3.79. The van der Waals surface area contributed by atoms with E-state index in [0.717, 1.165) is 23.6 Å². The smallest absolute Gasteiger partial charge is 0.324 e. The maximum atomic E-state index is 13.3. The summed E-state index contributed by atoms with van der Waals surface area (Å²) in [5, 5.41) is 11.6. The van der Waals surface area contributed by atoms with Crippen molar-refractivity contribution < 1.29 is 18.0 Å². The number of nitrogens with zero attached hydrogens (tertiary/aromatic N) is 4. The number of carbonyl (C=O) groups excluding carboxylic acids is 1. The third kappa shape index (κ3) is 3.99. The van der Waals surface area contributed by atoms with E-state index in [1.807, 2.05) is 18.2 Å². The van der Waals surface area contributed by atoms with Gasteiger partial charge in [-0.1, -0.05) is 30.3 Å². The number of halogens is 3. The summed E-state index contributed by atoms with van der Waals surface area (Å²) in [6.07, 6.45) is -1.22. The molecule has 1 aliphatic rings. The Balaban J connectivity index is 1.53. The fourth-order valence-corrected chi connectivity index (χ4v) is 3.79. The molecule has 0 bridgehead atoms. The van der Waals surface area contributed by atoms with Crippen LogP contribution in [0, 0.1) is 0 Å². The van der Waals surface area contributed by atoms with E-state index in [4.69, 9.17) is 0 Å². The van der Waals surface area contributed by atoms with Crippen molar-refractivity contribution in [3.63, 3.8) is 0 Å². The largest absolute Gasteiger partial charge is 0.418 e. The molecule has 1 aliphatic carbocycles. The van der Waals surface area contributed by atoms with Crippen LogP contribution in [0.2, 0.25) is 0 Å². The Bertz CT molecular complexity index is 1410. The predicted molar refractivity (Wildman–Crippen MR) is 115 cm³/mol. The third-order valence-corrected chi connectivity index (χ3v) is 5.48. The van der Waals surface area contributed by atoms with E-state index in [2.05, 4.69) is 15.5 Å².